The number of aromatic nitrogens is 2. The van der Waals surface area contributed by atoms with Crippen molar-refractivity contribution >= 4 is 40.0 Å². The van der Waals surface area contributed by atoms with Crippen molar-refractivity contribution in [3.8, 4) is 17.1 Å². The van der Waals surface area contributed by atoms with Gasteiger partial charge in [-0.05, 0) is 34.7 Å². The topological polar surface area (TPSA) is 61.0 Å². The fraction of sp³-hybridized carbons (Fsp3) is 0.333. The summed E-state index contributed by atoms with van der Waals surface area (Å²) in [5.41, 5.74) is 7.47. The van der Waals surface area contributed by atoms with E-state index in [0.29, 0.717) is 28.0 Å². The van der Waals surface area contributed by atoms with E-state index in [4.69, 9.17) is 22.1 Å². The summed E-state index contributed by atoms with van der Waals surface area (Å²) in [7, 11) is 1.59. The Hall–Kier alpha value is -1.08. The molecule has 2 N–H and O–H groups in total. The van der Waals surface area contributed by atoms with Gasteiger partial charge >= 0.3 is 0 Å². The molecule has 0 saturated carbocycles. The van der Waals surface area contributed by atoms with Crippen LogP contribution in [0, 0.1) is 3.57 Å². The molecule has 1 aromatic carbocycles. The molecule has 0 aliphatic carbocycles. The Bertz CT molecular complexity index is 683. The molecule has 4 nitrogen and oxygen atoms in total. The average Bonchev–Trinajstić information content (AvgIpc) is 2.40. The maximum absolute atomic E-state index is 6.30. The second-order valence-electron chi connectivity index (χ2n) is 5.66. The fourth-order valence-corrected chi connectivity index (χ4v) is 3.27. The van der Waals surface area contributed by atoms with Crippen LogP contribution in [0.2, 0.25) is 5.02 Å². The van der Waals surface area contributed by atoms with Gasteiger partial charge in [0.25, 0.3) is 0 Å². The smallest absolute Gasteiger partial charge is 0.167 e. The van der Waals surface area contributed by atoms with Crippen LogP contribution < -0.4 is 10.5 Å². The number of anilines is 1. The van der Waals surface area contributed by atoms with Gasteiger partial charge in [0, 0.05) is 5.41 Å². The van der Waals surface area contributed by atoms with E-state index in [0.717, 1.165) is 9.26 Å². The highest BCUT2D eigenvalue weighted by molar-refractivity contribution is 14.1. The summed E-state index contributed by atoms with van der Waals surface area (Å²) < 4.78 is 6.24. The SMILES string of the molecule is COc1cccc(Cl)c1-c1nc(N)c(I)c(C(C)(C)C)n1. The first-order chi connectivity index (χ1) is 9.75. The molecule has 0 aliphatic heterocycles. The molecule has 21 heavy (non-hydrogen) atoms. The van der Waals surface area contributed by atoms with Crippen LogP contribution >= 0.6 is 34.2 Å². The zero-order valence-electron chi connectivity index (χ0n) is 12.4. The van der Waals surface area contributed by atoms with Crippen molar-refractivity contribution in [1.29, 1.82) is 0 Å². The van der Waals surface area contributed by atoms with Gasteiger partial charge < -0.3 is 10.5 Å². The van der Waals surface area contributed by atoms with Gasteiger partial charge in [-0.25, -0.2) is 9.97 Å². The minimum absolute atomic E-state index is 0.142. The average molecular weight is 418 g/mol. The second-order valence-corrected chi connectivity index (χ2v) is 7.15. The number of nitrogens with two attached hydrogens (primary N) is 1. The van der Waals surface area contributed by atoms with E-state index in [2.05, 4.69) is 53.3 Å². The van der Waals surface area contributed by atoms with Crippen molar-refractivity contribution in [2.75, 3.05) is 12.8 Å². The molecule has 0 amide bonds. The molecule has 0 atom stereocenters. The first-order valence-corrected chi connectivity index (χ1v) is 7.87. The fourth-order valence-electron chi connectivity index (χ4n) is 1.96. The van der Waals surface area contributed by atoms with Crippen molar-refractivity contribution in [3.63, 3.8) is 0 Å². The molecule has 1 heterocycles. The molecule has 2 aromatic rings. The molecule has 0 spiro atoms. The van der Waals surface area contributed by atoms with Gasteiger partial charge in [0.05, 0.1) is 27.0 Å². The summed E-state index contributed by atoms with van der Waals surface area (Å²) >= 11 is 8.48. The molecular weight excluding hydrogens is 401 g/mol. The zero-order chi connectivity index (χ0) is 15.8. The van der Waals surface area contributed by atoms with E-state index < -0.39 is 0 Å². The first-order valence-electron chi connectivity index (χ1n) is 6.42. The van der Waals surface area contributed by atoms with Crippen molar-refractivity contribution in [2.45, 2.75) is 26.2 Å². The van der Waals surface area contributed by atoms with Gasteiger partial charge in [0.2, 0.25) is 0 Å². The summed E-state index contributed by atoms with van der Waals surface area (Å²) in [5.74, 6) is 1.57. The zero-order valence-corrected chi connectivity index (χ0v) is 15.3. The summed E-state index contributed by atoms with van der Waals surface area (Å²) in [5, 5.41) is 0.537. The number of nitrogen functional groups attached to an aromatic ring is 1. The van der Waals surface area contributed by atoms with Crippen molar-refractivity contribution in [3.05, 3.63) is 32.5 Å². The summed E-state index contributed by atoms with van der Waals surface area (Å²) in [6.45, 7) is 6.26. The standard InChI is InChI=1S/C15H17ClIN3O/c1-15(2,3)12-11(17)13(18)20-14(19-12)10-8(16)6-5-7-9(10)21-4/h5-7H,1-4H3,(H2,18,19,20). The first kappa shape index (κ1) is 16.3. The van der Waals surface area contributed by atoms with E-state index in [-0.39, 0.29) is 5.41 Å². The molecule has 1 aromatic heterocycles. The van der Waals surface area contributed by atoms with Gasteiger partial charge in [0.1, 0.15) is 11.6 Å². The number of rotatable bonds is 2. The Morgan fingerprint density at radius 2 is 1.90 bits per heavy atom. The van der Waals surface area contributed by atoms with E-state index >= 15 is 0 Å². The highest BCUT2D eigenvalue weighted by atomic mass is 127. The molecular formula is C15H17ClIN3O. The largest absolute Gasteiger partial charge is 0.496 e. The highest BCUT2D eigenvalue weighted by Crippen LogP contribution is 2.37. The second kappa shape index (κ2) is 5.96. The van der Waals surface area contributed by atoms with Crippen molar-refractivity contribution in [1.82, 2.24) is 9.97 Å². The third-order valence-corrected chi connectivity index (χ3v) is 4.38. The van der Waals surface area contributed by atoms with Crippen LogP contribution in [0.4, 0.5) is 5.82 Å². The number of hydrogen-bond donors (Lipinski definition) is 1. The van der Waals surface area contributed by atoms with Crippen molar-refractivity contribution < 1.29 is 4.74 Å². The highest BCUT2D eigenvalue weighted by Gasteiger charge is 2.24. The Morgan fingerprint density at radius 1 is 1.24 bits per heavy atom. The van der Waals surface area contributed by atoms with Crippen LogP contribution in [0.1, 0.15) is 26.5 Å². The monoisotopic (exact) mass is 417 g/mol. The molecule has 0 bridgehead atoms. The number of hydrogen-bond acceptors (Lipinski definition) is 4. The maximum Gasteiger partial charge on any atom is 0.167 e. The number of benzene rings is 1. The molecule has 6 heteroatoms. The van der Waals surface area contributed by atoms with Gasteiger partial charge in [-0.1, -0.05) is 38.4 Å². The molecule has 112 valence electrons. The molecule has 0 aliphatic rings. The summed E-state index contributed by atoms with van der Waals surface area (Å²) in [6.07, 6.45) is 0. The Morgan fingerprint density at radius 3 is 2.48 bits per heavy atom. The molecule has 0 fully saturated rings. The third-order valence-electron chi connectivity index (χ3n) is 3.01. The van der Waals surface area contributed by atoms with Crippen LogP contribution in [-0.4, -0.2) is 17.1 Å². The van der Waals surface area contributed by atoms with Gasteiger partial charge in [0.15, 0.2) is 5.82 Å². The van der Waals surface area contributed by atoms with E-state index in [1.165, 1.54) is 0 Å². The van der Waals surface area contributed by atoms with Crippen LogP contribution in [0.3, 0.4) is 0 Å². The summed E-state index contributed by atoms with van der Waals surface area (Å²) in [6, 6.07) is 5.44. The normalized spacial score (nSPS) is 11.5. The van der Waals surface area contributed by atoms with Crippen LogP contribution in [0.5, 0.6) is 5.75 Å². The Balaban J connectivity index is 2.75. The predicted molar refractivity (Wildman–Crippen MR) is 94.9 cm³/mol. The van der Waals surface area contributed by atoms with Crippen LogP contribution in [0.25, 0.3) is 11.4 Å². The maximum atomic E-state index is 6.30. The van der Waals surface area contributed by atoms with Gasteiger partial charge in [-0.3, -0.25) is 0 Å². The molecule has 0 unspecified atom stereocenters. The number of halogens is 2. The van der Waals surface area contributed by atoms with Gasteiger partial charge in [-0.15, -0.1) is 0 Å². The number of methoxy groups -OCH3 is 1. The Labute approximate surface area is 143 Å². The van der Waals surface area contributed by atoms with E-state index in [9.17, 15) is 0 Å². The van der Waals surface area contributed by atoms with E-state index in [1.54, 1.807) is 13.2 Å². The molecule has 0 radical (unpaired) electrons. The molecule has 0 saturated heterocycles. The minimum Gasteiger partial charge on any atom is -0.496 e. The number of ether oxygens (including phenoxy) is 1. The van der Waals surface area contributed by atoms with Crippen LogP contribution in [0.15, 0.2) is 18.2 Å². The van der Waals surface area contributed by atoms with Crippen LogP contribution in [-0.2, 0) is 5.41 Å². The third kappa shape index (κ3) is 3.23. The van der Waals surface area contributed by atoms with Crippen molar-refractivity contribution in [2.24, 2.45) is 0 Å². The number of nitrogens with zero attached hydrogens (tertiary/aromatic N) is 2. The van der Waals surface area contributed by atoms with E-state index in [1.807, 2.05) is 12.1 Å². The predicted octanol–water partition coefficient (Wildman–Crippen LogP) is 4.29. The minimum atomic E-state index is -0.142. The lowest BCUT2D eigenvalue weighted by molar-refractivity contribution is 0.416. The lowest BCUT2D eigenvalue weighted by Crippen LogP contribution is -2.18. The van der Waals surface area contributed by atoms with Gasteiger partial charge in [-0.2, -0.15) is 0 Å². The lowest BCUT2D eigenvalue weighted by Gasteiger charge is -2.21. The summed E-state index contributed by atoms with van der Waals surface area (Å²) in [4.78, 5) is 9.06. The lowest BCUT2D eigenvalue weighted by atomic mass is 9.91. The quantitative estimate of drug-likeness (QED) is 0.741. The Kier molecular flexibility index (Phi) is 4.63. The molecule has 2 rings (SSSR count).